The first kappa shape index (κ1) is 15.4. The number of amides is 2. The molecule has 2 amide bonds. The van der Waals surface area contributed by atoms with Gasteiger partial charge in [0.25, 0.3) is 0 Å². The Kier molecular flexibility index (Phi) is 4.05. The van der Waals surface area contributed by atoms with Crippen molar-refractivity contribution in [1.29, 1.82) is 0 Å². The van der Waals surface area contributed by atoms with Crippen LogP contribution in [0.15, 0.2) is 0 Å². The number of hydrogen-bond acceptors (Lipinski definition) is 4. The summed E-state index contributed by atoms with van der Waals surface area (Å²) in [5, 5.41) is 0. The Hall–Kier alpha value is -1.14. The second-order valence-corrected chi connectivity index (χ2v) is 7.60. The third kappa shape index (κ3) is 2.98. The maximum Gasteiger partial charge on any atom is 0.228 e. The molecule has 0 radical (unpaired) electrons. The Labute approximate surface area is 137 Å². The van der Waals surface area contributed by atoms with Gasteiger partial charge >= 0.3 is 0 Å². The molecular weight excluding hydrogens is 296 g/mol. The lowest BCUT2D eigenvalue weighted by Crippen LogP contribution is -2.67. The van der Waals surface area contributed by atoms with Crippen LogP contribution in [0.4, 0.5) is 0 Å². The van der Waals surface area contributed by atoms with E-state index in [1.807, 2.05) is 9.80 Å². The van der Waals surface area contributed by atoms with Gasteiger partial charge in [-0.25, -0.2) is 0 Å². The summed E-state index contributed by atoms with van der Waals surface area (Å²) in [5.74, 6) is 1.05. The van der Waals surface area contributed by atoms with E-state index in [-0.39, 0.29) is 17.4 Å². The summed E-state index contributed by atoms with van der Waals surface area (Å²) in [5.41, 5.74) is -0.110. The molecule has 0 aromatic carbocycles. The first-order valence-corrected chi connectivity index (χ1v) is 8.93. The highest BCUT2D eigenvalue weighted by molar-refractivity contribution is 5.80. The van der Waals surface area contributed by atoms with Crippen LogP contribution >= 0.6 is 0 Å². The fraction of sp³-hybridized carbons (Fsp3) is 0.882. The number of nitrogens with zero attached hydrogens (tertiary/aromatic N) is 2. The van der Waals surface area contributed by atoms with Crippen molar-refractivity contribution in [2.45, 2.75) is 37.7 Å². The third-order valence-corrected chi connectivity index (χ3v) is 5.83. The Morgan fingerprint density at radius 2 is 2.13 bits per heavy atom. The van der Waals surface area contributed by atoms with Gasteiger partial charge in [-0.15, -0.1) is 0 Å². The van der Waals surface area contributed by atoms with Crippen molar-refractivity contribution in [3.8, 4) is 0 Å². The smallest absolute Gasteiger partial charge is 0.228 e. The molecule has 128 valence electrons. The van der Waals surface area contributed by atoms with Crippen LogP contribution in [0.2, 0.25) is 0 Å². The minimum absolute atomic E-state index is 0.0601. The van der Waals surface area contributed by atoms with E-state index in [2.05, 4.69) is 0 Å². The maximum atomic E-state index is 12.3. The SMILES string of the molecule is O=C1CCCN1C[C@@H]1CCC2(CN(C(=O)[C@@H]3CCOC3)C2)OC1. The van der Waals surface area contributed by atoms with Crippen LogP contribution < -0.4 is 0 Å². The zero-order valence-corrected chi connectivity index (χ0v) is 13.7. The van der Waals surface area contributed by atoms with Crippen molar-refractivity contribution in [2.24, 2.45) is 11.8 Å². The Bertz CT molecular complexity index is 473. The molecule has 6 nitrogen and oxygen atoms in total. The molecule has 0 saturated carbocycles. The molecule has 0 aromatic heterocycles. The quantitative estimate of drug-likeness (QED) is 0.766. The third-order valence-electron chi connectivity index (χ3n) is 5.83. The summed E-state index contributed by atoms with van der Waals surface area (Å²) in [6.45, 7) is 5.23. The van der Waals surface area contributed by atoms with Gasteiger partial charge < -0.3 is 19.3 Å². The highest BCUT2D eigenvalue weighted by atomic mass is 16.5. The van der Waals surface area contributed by atoms with Gasteiger partial charge in [0, 0.05) is 32.0 Å². The summed E-state index contributed by atoms with van der Waals surface area (Å²) in [6.07, 6.45) is 4.66. The molecule has 23 heavy (non-hydrogen) atoms. The molecular formula is C17H26N2O4. The number of hydrogen-bond donors (Lipinski definition) is 0. The monoisotopic (exact) mass is 322 g/mol. The number of carbonyl (C=O) groups is 2. The summed E-state index contributed by atoms with van der Waals surface area (Å²) in [6, 6.07) is 0. The van der Waals surface area contributed by atoms with Crippen molar-refractivity contribution in [1.82, 2.24) is 9.80 Å². The fourth-order valence-corrected chi connectivity index (χ4v) is 4.31. The van der Waals surface area contributed by atoms with Crippen molar-refractivity contribution < 1.29 is 19.1 Å². The highest BCUT2D eigenvalue weighted by Crippen LogP contribution is 2.37. The molecule has 1 spiro atoms. The molecule has 4 rings (SSSR count). The standard InChI is InChI=1S/C17H26N2O4/c20-15-2-1-6-18(15)8-13-3-5-17(23-9-13)11-19(12-17)16(21)14-4-7-22-10-14/h13-14H,1-12H2/t13-,14+/m0/s1. The van der Waals surface area contributed by atoms with Crippen LogP contribution in [0.25, 0.3) is 0 Å². The Morgan fingerprint density at radius 3 is 2.74 bits per heavy atom. The molecule has 0 unspecified atom stereocenters. The van der Waals surface area contributed by atoms with Crippen molar-refractivity contribution in [2.75, 3.05) is 46.0 Å². The molecule has 2 atom stereocenters. The summed E-state index contributed by atoms with van der Waals surface area (Å²) in [7, 11) is 0. The molecule has 0 N–H and O–H groups in total. The van der Waals surface area contributed by atoms with Gasteiger partial charge in [-0.05, 0) is 25.7 Å². The lowest BCUT2D eigenvalue weighted by atomic mass is 9.82. The van der Waals surface area contributed by atoms with Crippen LogP contribution in [0, 0.1) is 11.8 Å². The summed E-state index contributed by atoms with van der Waals surface area (Å²) >= 11 is 0. The van der Waals surface area contributed by atoms with Gasteiger partial charge in [-0.1, -0.05) is 0 Å². The molecule has 4 aliphatic rings. The molecule has 0 aromatic rings. The van der Waals surface area contributed by atoms with Crippen LogP contribution in [0.1, 0.15) is 32.1 Å². The lowest BCUT2D eigenvalue weighted by molar-refractivity contribution is -0.192. The van der Waals surface area contributed by atoms with E-state index in [4.69, 9.17) is 9.47 Å². The van der Waals surface area contributed by atoms with Gasteiger partial charge in [0.2, 0.25) is 11.8 Å². The molecule has 4 heterocycles. The van der Waals surface area contributed by atoms with E-state index in [9.17, 15) is 9.59 Å². The van der Waals surface area contributed by atoms with E-state index in [0.717, 1.165) is 58.5 Å². The number of ether oxygens (including phenoxy) is 2. The largest absolute Gasteiger partial charge is 0.381 e. The Balaban J connectivity index is 1.23. The van der Waals surface area contributed by atoms with Crippen molar-refractivity contribution in [3.05, 3.63) is 0 Å². The summed E-state index contributed by atoms with van der Waals surface area (Å²) in [4.78, 5) is 28.0. The zero-order chi connectivity index (χ0) is 15.9. The van der Waals surface area contributed by atoms with Crippen LogP contribution in [-0.2, 0) is 19.1 Å². The molecule has 0 aliphatic carbocycles. The zero-order valence-electron chi connectivity index (χ0n) is 13.7. The van der Waals surface area contributed by atoms with E-state index in [0.29, 0.717) is 31.5 Å². The Morgan fingerprint density at radius 1 is 1.26 bits per heavy atom. The molecule has 6 heteroatoms. The van der Waals surface area contributed by atoms with Crippen LogP contribution in [0.5, 0.6) is 0 Å². The fourth-order valence-electron chi connectivity index (χ4n) is 4.31. The van der Waals surface area contributed by atoms with Gasteiger partial charge in [0.15, 0.2) is 0 Å². The lowest BCUT2D eigenvalue weighted by Gasteiger charge is -2.53. The van der Waals surface area contributed by atoms with E-state index < -0.39 is 0 Å². The molecule has 0 bridgehead atoms. The first-order valence-electron chi connectivity index (χ1n) is 8.93. The minimum Gasteiger partial charge on any atom is -0.381 e. The normalized spacial score (nSPS) is 33.3. The topological polar surface area (TPSA) is 59.1 Å². The van der Waals surface area contributed by atoms with E-state index in [1.54, 1.807) is 0 Å². The van der Waals surface area contributed by atoms with Gasteiger partial charge in [-0.2, -0.15) is 0 Å². The first-order chi connectivity index (χ1) is 11.2. The van der Waals surface area contributed by atoms with Crippen LogP contribution in [-0.4, -0.2) is 73.2 Å². The number of rotatable bonds is 3. The summed E-state index contributed by atoms with van der Waals surface area (Å²) < 4.78 is 11.4. The maximum absolute atomic E-state index is 12.3. The predicted molar refractivity (Wildman–Crippen MR) is 82.7 cm³/mol. The molecule has 4 fully saturated rings. The molecule has 4 aliphatic heterocycles. The molecule has 4 saturated heterocycles. The van der Waals surface area contributed by atoms with Gasteiger partial charge in [-0.3, -0.25) is 9.59 Å². The van der Waals surface area contributed by atoms with Gasteiger partial charge in [0.05, 0.1) is 32.2 Å². The van der Waals surface area contributed by atoms with Crippen molar-refractivity contribution >= 4 is 11.8 Å². The van der Waals surface area contributed by atoms with Crippen molar-refractivity contribution in [3.63, 3.8) is 0 Å². The van der Waals surface area contributed by atoms with Gasteiger partial charge in [0.1, 0.15) is 5.60 Å². The average Bonchev–Trinajstić information content (AvgIpc) is 3.18. The average molecular weight is 322 g/mol. The minimum atomic E-state index is -0.110. The van der Waals surface area contributed by atoms with E-state index in [1.165, 1.54) is 0 Å². The number of carbonyl (C=O) groups excluding carboxylic acids is 2. The second kappa shape index (κ2) is 6.06. The second-order valence-electron chi connectivity index (χ2n) is 7.60. The number of likely N-dealkylation sites (tertiary alicyclic amines) is 2. The van der Waals surface area contributed by atoms with E-state index >= 15 is 0 Å². The predicted octanol–water partition coefficient (Wildman–Crippen LogP) is 0.653. The highest BCUT2D eigenvalue weighted by Gasteiger charge is 2.49. The van der Waals surface area contributed by atoms with Crippen LogP contribution in [0.3, 0.4) is 0 Å².